The van der Waals surface area contributed by atoms with Crippen LogP contribution in [0.1, 0.15) is 19.8 Å². The van der Waals surface area contributed by atoms with Crippen LogP contribution in [0.4, 0.5) is 5.95 Å². The minimum atomic E-state index is 0.650. The topological polar surface area (TPSA) is 50.3 Å². The lowest BCUT2D eigenvalue weighted by Gasteiger charge is -2.17. The molecular weight excluding hydrogens is 216 g/mol. The van der Waals surface area contributed by atoms with E-state index in [4.69, 9.17) is 4.74 Å². The highest BCUT2D eigenvalue weighted by Gasteiger charge is 2.05. The zero-order valence-electron chi connectivity index (χ0n) is 10.9. The summed E-state index contributed by atoms with van der Waals surface area (Å²) in [6.07, 6.45) is 3.79. The van der Waals surface area contributed by atoms with Crippen molar-refractivity contribution in [2.45, 2.75) is 19.8 Å². The van der Waals surface area contributed by atoms with Crippen LogP contribution in [0.3, 0.4) is 0 Å². The number of ether oxygens (including phenoxy) is 1. The SMILES string of the molecule is CCCOc1ccnc(N(C)CCCNC)n1. The number of hydrogen-bond donors (Lipinski definition) is 1. The van der Waals surface area contributed by atoms with Gasteiger partial charge in [0.2, 0.25) is 11.8 Å². The first-order valence-electron chi connectivity index (χ1n) is 6.09. The number of hydrogen-bond acceptors (Lipinski definition) is 5. The van der Waals surface area contributed by atoms with Crippen LogP contribution in [0.5, 0.6) is 5.88 Å². The Labute approximate surface area is 103 Å². The van der Waals surface area contributed by atoms with Gasteiger partial charge in [0.1, 0.15) is 0 Å². The van der Waals surface area contributed by atoms with Crippen molar-refractivity contribution in [1.82, 2.24) is 15.3 Å². The molecule has 1 N–H and O–H groups in total. The van der Waals surface area contributed by atoms with E-state index < -0.39 is 0 Å². The summed E-state index contributed by atoms with van der Waals surface area (Å²) in [7, 11) is 3.95. The van der Waals surface area contributed by atoms with Gasteiger partial charge < -0.3 is 15.0 Å². The Balaban J connectivity index is 2.51. The normalized spacial score (nSPS) is 10.3. The van der Waals surface area contributed by atoms with Gasteiger partial charge in [-0.25, -0.2) is 4.98 Å². The summed E-state index contributed by atoms with van der Waals surface area (Å²) in [5.41, 5.74) is 0. The van der Waals surface area contributed by atoms with Crippen LogP contribution in [-0.2, 0) is 0 Å². The number of aromatic nitrogens is 2. The van der Waals surface area contributed by atoms with Gasteiger partial charge in [0.05, 0.1) is 6.61 Å². The van der Waals surface area contributed by atoms with Crippen molar-refractivity contribution < 1.29 is 4.74 Å². The van der Waals surface area contributed by atoms with E-state index in [1.807, 2.05) is 19.0 Å². The maximum absolute atomic E-state index is 5.48. The molecule has 0 unspecified atom stereocenters. The number of nitrogens with zero attached hydrogens (tertiary/aromatic N) is 3. The number of nitrogens with one attached hydrogen (secondary N) is 1. The molecule has 5 nitrogen and oxygen atoms in total. The molecule has 0 spiro atoms. The molecule has 0 saturated carbocycles. The van der Waals surface area contributed by atoms with Crippen molar-refractivity contribution in [1.29, 1.82) is 0 Å². The third-order valence-electron chi connectivity index (χ3n) is 2.33. The molecular formula is C12H22N4O. The molecule has 0 radical (unpaired) electrons. The average molecular weight is 238 g/mol. The maximum atomic E-state index is 5.48. The van der Waals surface area contributed by atoms with Gasteiger partial charge in [-0.1, -0.05) is 6.92 Å². The fourth-order valence-corrected chi connectivity index (χ4v) is 1.40. The highest BCUT2D eigenvalue weighted by molar-refractivity contribution is 5.30. The van der Waals surface area contributed by atoms with E-state index in [-0.39, 0.29) is 0 Å². The molecule has 0 aliphatic rings. The van der Waals surface area contributed by atoms with Gasteiger partial charge in [0.15, 0.2) is 0 Å². The smallest absolute Gasteiger partial charge is 0.228 e. The monoisotopic (exact) mass is 238 g/mol. The van der Waals surface area contributed by atoms with Crippen LogP contribution in [-0.4, -0.2) is 43.8 Å². The first-order valence-corrected chi connectivity index (χ1v) is 6.09. The van der Waals surface area contributed by atoms with Gasteiger partial charge in [-0.2, -0.15) is 4.98 Å². The largest absolute Gasteiger partial charge is 0.478 e. The zero-order valence-corrected chi connectivity index (χ0v) is 10.9. The molecule has 1 aromatic rings. The first-order chi connectivity index (χ1) is 8.27. The highest BCUT2D eigenvalue weighted by atomic mass is 16.5. The van der Waals surface area contributed by atoms with Crippen molar-refractivity contribution >= 4 is 5.95 Å². The Morgan fingerprint density at radius 1 is 1.47 bits per heavy atom. The first kappa shape index (κ1) is 13.7. The quantitative estimate of drug-likeness (QED) is 0.692. The van der Waals surface area contributed by atoms with Gasteiger partial charge >= 0.3 is 0 Å². The van der Waals surface area contributed by atoms with E-state index in [1.165, 1.54) is 0 Å². The molecule has 0 fully saturated rings. The minimum Gasteiger partial charge on any atom is -0.478 e. The van der Waals surface area contributed by atoms with E-state index in [0.717, 1.165) is 31.9 Å². The summed E-state index contributed by atoms with van der Waals surface area (Å²) in [6.45, 7) is 4.69. The van der Waals surface area contributed by atoms with E-state index in [9.17, 15) is 0 Å². The molecule has 1 heterocycles. The van der Waals surface area contributed by atoms with E-state index >= 15 is 0 Å². The lowest BCUT2D eigenvalue weighted by molar-refractivity contribution is 0.305. The average Bonchev–Trinajstić information content (AvgIpc) is 2.37. The second-order valence-electron chi connectivity index (χ2n) is 3.92. The Hall–Kier alpha value is -1.36. The van der Waals surface area contributed by atoms with Crippen molar-refractivity contribution in [3.05, 3.63) is 12.3 Å². The van der Waals surface area contributed by atoms with E-state index in [2.05, 4.69) is 22.2 Å². The van der Waals surface area contributed by atoms with Crippen LogP contribution >= 0.6 is 0 Å². The van der Waals surface area contributed by atoms with Crippen LogP contribution in [0.15, 0.2) is 12.3 Å². The Morgan fingerprint density at radius 2 is 2.29 bits per heavy atom. The second-order valence-corrected chi connectivity index (χ2v) is 3.92. The standard InChI is InChI=1S/C12H22N4O/c1-4-10-17-11-6-8-14-12(15-11)16(3)9-5-7-13-2/h6,8,13H,4-5,7,9-10H2,1-3H3. The highest BCUT2D eigenvalue weighted by Crippen LogP contribution is 2.11. The molecule has 0 aliphatic carbocycles. The maximum Gasteiger partial charge on any atom is 0.228 e. The summed E-state index contributed by atoms with van der Waals surface area (Å²) in [6, 6.07) is 1.79. The van der Waals surface area contributed by atoms with Crippen LogP contribution < -0.4 is 15.0 Å². The Morgan fingerprint density at radius 3 is 3.00 bits per heavy atom. The summed E-state index contributed by atoms with van der Waals surface area (Å²) >= 11 is 0. The molecule has 96 valence electrons. The third kappa shape index (κ3) is 4.99. The fourth-order valence-electron chi connectivity index (χ4n) is 1.40. The fraction of sp³-hybridized carbons (Fsp3) is 0.667. The molecule has 0 aliphatic heterocycles. The summed E-state index contributed by atoms with van der Waals surface area (Å²) in [4.78, 5) is 10.6. The lowest BCUT2D eigenvalue weighted by atomic mass is 10.4. The van der Waals surface area contributed by atoms with Gasteiger partial charge in [-0.15, -0.1) is 0 Å². The van der Waals surface area contributed by atoms with Crippen molar-refractivity contribution in [2.75, 3.05) is 38.7 Å². The van der Waals surface area contributed by atoms with Crippen molar-refractivity contribution in [3.8, 4) is 5.88 Å². The van der Waals surface area contributed by atoms with Crippen LogP contribution in [0.25, 0.3) is 0 Å². The van der Waals surface area contributed by atoms with Gasteiger partial charge in [-0.3, -0.25) is 0 Å². The Bertz CT molecular complexity index is 319. The second kappa shape index (κ2) is 7.84. The molecule has 0 saturated heterocycles. The molecule has 0 aromatic carbocycles. The van der Waals surface area contributed by atoms with Crippen LogP contribution in [0.2, 0.25) is 0 Å². The summed E-state index contributed by atoms with van der Waals surface area (Å²) in [5.74, 6) is 1.37. The molecule has 5 heteroatoms. The van der Waals surface area contributed by atoms with Crippen LogP contribution in [0, 0.1) is 0 Å². The molecule has 1 rings (SSSR count). The predicted octanol–water partition coefficient (Wildman–Crippen LogP) is 1.31. The summed E-state index contributed by atoms with van der Waals surface area (Å²) < 4.78 is 5.48. The molecule has 1 aromatic heterocycles. The number of anilines is 1. The lowest BCUT2D eigenvalue weighted by Crippen LogP contribution is -2.24. The van der Waals surface area contributed by atoms with E-state index in [1.54, 1.807) is 12.3 Å². The minimum absolute atomic E-state index is 0.650. The van der Waals surface area contributed by atoms with Crippen molar-refractivity contribution in [2.24, 2.45) is 0 Å². The number of rotatable bonds is 8. The van der Waals surface area contributed by atoms with Crippen molar-refractivity contribution in [3.63, 3.8) is 0 Å². The zero-order chi connectivity index (χ0) is 12.5. The molecule has 0 amide bonds. The molecule has 17 heavy (non-hydrogen) atoms. The molecule has 0 bridgehead atoms. The van der Waals surface area contributed by atoms with E-state index in [0.29, 0.717) is 12.5 Å². The Kier molecular flexibility index (Phi) is 6.32. The predicted molar refractivity (Wildman–Crippen MR) is 69.6 cm³/mol. The molecule has 0 atom stereocenters. The van der Waals surface area contributed by atoms with Gasteiger partial charge in [0, 0.05) is 25.9 Å². The van der Waals surface area contributed by atoms with Gasteiger partial charge in [0.25, 0.3) is 0 Å². The van der Waals surface area contributed by atoms with Gasteiger partial charge in [-0.05, 0) is 26.4 Å². The third-order valence-corrected chi connectivity index (χ3v) is 2.33. The summed E-state index contributed by atoms with van der Waals surface area (Å²) in [5, 5.41) is 3.12.